The summed E-state index contributed by atoms with van der Waals surface area (Å²) in [5.74, 6) is 0.647. The lowest BCUT2D eigenvalue weighted by Gasteiger charge is -2.10. The Morgan fingerprint density at radius 1 is 1.16 bits per heavy atom. The minimum Gasteiger partial charge on any atom is -0.456 e. The zero-order chi connectivity index (χ0) is 18.0. The summed E-state index contributed by atoms with van der Waals surface area (Å²) < 4.78 is 5.73. The molecule has 0 radical (unpaired) electrons. The first-order valence-electron chi connectivity index (χ1n) is 8.01. The van der Waals surface area contributed by atoms with Crippen LogP contribution >= 0.6 is 11.6 Å². The summed E-state index contributed by atoms with van der Waals surface area (Å²) in [6, 6.07) is 11.2. The maximum absolute atomic E-state index is 12.3. The van der Waals surface area contributed by atoms with Crippen molar-refractivity contribution in [2.24, 2.45) is 0 Å². The summed E-state index contributed by atoms with van der Waals surface area (Å²) in [5, 5.41) is 2.95. The van der Waals surface area contributed by atoms with Crippen LogP contribution in [0.15, 0.2) is 47.0 Å². The molecule has 1 aromatic carbocycles. The quantitative estimate of drug-likeness (QED) is 0.663. The van der Waals surface area contributed by atoms with E-state index in [-0.39, 0.29) is 16.8 Å². The van der Waals surface area contributed by atoms with Gasteiger partial charge < -0.3 is 9.73 Å². The zero-order valence-electron chi connectivity index (χ0n) is 14.4. The Kier molecular flexibility index (Phi) is 4.91. The first-order chi connectivity index (χ1) is 11.9. The third-order valence-corrected chi connectivity index (χ3v) is 4.39. The van der Waals surface area contributed by atoms with Crippen LogP contribution in [0.1, 0.15) is 38.6 Å². The van der Waals surface area contributed by atoms with Gasteiger partial charge in [-0.3, -0.25) is 4.79 Å². The number of aromatic nitrogens is 1. The Hall–Kier alpha value is -2.59. The van der Waals surface area contributed by atoms with E-state index in [1.54, 1.807) is 24.4 Å². The fourth-order valence-corrected chi connectivity index (χ4v) is 3.09. The molecule has 0 fully saturated rings. The van der Waals surface area contributed by atoms with Gasteiger partial charge in [0.05, 0.1) is 5.69 Å². The van der Waals surface area contributed by atoms with Crippen molar-refractivity contribution in [3.05, 3.63) is 81.5 Å². The molecule has 0 spiro atoms. The zero-order valence-corrected chi connectivity index (χ0v) is 15.1. The molecule has 2 aromatic heterocycles. The summed E-state index contributed by atoms with van der Waals surface area (Å²) in [6.07, 6.45) is 2.22. The molecular formula is C20H19ClN2O2. The maximum Gasteiger partial charge on any atom is 0.291 e. The van der Waals surface area contributed by atoms with Gasteiger partial charge in [-0.15, -0.1) is 0 Å². The van der Waals surface area contributed by atoms with E-state index in [1.807, 2.05) is 6.07 Å². The number of pyridine rings is 1. The number of hydrogen-bond acceptors (Lipinski definition) is 3. The van der Waals surface area contributed by atoms with E-state index in [9.17, 15) is 4.79 Å². The maximum atomic E-state index is 12.3. The number of hydrogen-bond donors (Lipinski definition) is 1. The molecule has 0 aliphatic rings. The number of nitrogens with zero attached hydrogens (tertiary/aromatic N) is 1. The van der Waals surface area contributed by atoms with Crippen LogP contribution < -0.4 is 5.32 Å². The minimum atomic E-state index is -0.349. The number of nitrogens with one attached hydrogen (secondary N) is 1. The number of carbonyl (C=O) groups excluding carboxylic acids is 1. The fourth-order valence-electron chi connectivity index (χ4n) is 2.92. The molecule has 0 aliphatic heterocycles. The molecule has 0 atom stereocenters. The first-order valence-corrected chi connectivity index (χ1v) is 8.39. The molecule has 0 saturated carbocycles. The van der Waals surface area contributed by atoms with Gasteiger partial charge in [-0.25, -0.2) is 4.98 Å². The number of benzene rings is 1. The average molecular weight is 355 g/mol. The molecule has 0 unspecified atom stereocenters. The Morgan fingerprint density at radius 2 is 1.88 bits per heavy atom. The van der Waals surface area contributed by atoms with E-state index >= 15 is 0 Å². The molecule has 5 heteroatoms. The topological polar surface area (TPSA) is 55.1 Å². The second kappa shape index (κ2) is 7.11. The van der Waals surface area contributed by atoms with E-state index in [1.165, 1.54) is 22.3 Å². The molecule has 0 saturated heterocycles. The predicted molar refractivity (Wildman–Crippen MR) is 99.4 cm³/mol. The van der Waals surface area contributed by atoms with Crippen LogP contribution in [0.3, 0.4) is 0 Å². The van der Waals surface area contributed by atoms with Crippen molar-refractivity contribution in [2.75, 3.05) is 5.32 Å². The smallest absolute Gasteiger partial charge is 0.291 e. The van der Waals surface area contributed by atoms with Crippen molar-refractivity contribution in [3.8, 4) is 0 Å². The van der Waals surface area contributed by atoms with E-state index < -0.39 is 0 Å². The molecule has 1 N–H and O–H groups in total. The van der Waals surface area contributed by atoms with Crippen molar-refractivity contribution in [2.45, 2.75) is 27.2 Å². The molecule has 1 amide bonds. The van der Waals surface area contributed by atoms with Crippen LogP contribution in [0.5, 0.6) is 0 Å². The normalized spacial score (nSPS) is 10.7. The third-order valence-electron chi connectivity index (χ3n) is 4.08. The number of aryl methyl sites for hydroxylation is 3. The lowest BCUT2D eigenvalue weighted by Crippen LogP contribution is -2.11. The van der Waals surface area contributed by atoms with Crippen LogP contribution in [0.4, 0.5) is 5.69 Å². The molecule has 3 rings (SSSR count). The number of furan rings is 1. The molecule has 4 nitrogen and oxygen atoms in total. The van der Waals surface area contributed by atoms with E-state index in [0.29, 0.717) is 12.1 Å². The molecule has 0 bridgehead atoms. The standard InChI is InChI=1S/C20H19ClN2O2/c1-12-9-13(2)16(14(3)10-12)11-15-6-7-18(25-15)20(24)23-17-5-4-8-22-19(17)21/h4-10H,11H2,1-3H3,(H,23,24). The summed E-state index contributed by atoms with van der Waals surface area (Å²) >= 11 is 5.96. The van der Waals surface area contributed by atoms with Crippen molar-refractivity contribution in [1.29, 1.82) is 0 Å². The van der Waals surface area contributed by atoms with Gasteiger partial charge in [0, 0.05) is 12.6 Å². The van der Waals surface area contributed by atoms with E-state index in [2.05, 4.69) is 43.2 Å². The monoisotopic (exact) mass is 354 g/mol. The van der Waals surface area contributed by atoms with Gasteiger partial charge in [0.15, 0.2) is 10.9 Å². The van der Waals surface area contributed by atoms with E-state index in [4.69, 9.17) is 16.0 Å². The van der Waals surface area contributed by atoms with Crippen LogP contribution in [0.2, 0.25) is 5.15 Å². The van der Waals surface area contributed by atoms with Gasteiger partial charge in [-0.1, -0.05) is 29.3 Å². The Morgan fingerprint density at radius 3 is 2.56 bits per heavy atom. The number of anilines is 1. The Bertz CT molecular complexity index is 908. The van der Waals surface area contributed by atoms with Crippen LogP contribution in [0, 0.1) is 20.8 Å². The van der Waals surface area contributed by atoms with Gasteiger partial charge in [0.1, 0.15) is 5.76 Å². The largest absolute Gasteiger partial charge is 0.456 e. The number of amides is 1. The predicted octanol–water partition coefficient (Wildman–Crippen LogP) is 5.10. The molecule has 3 aromatic rings. The fraction of sp³-hybridized carbons (Fsp3) is 0.200. The van der Waals surface area contributed by atoms with Gasteiger partial charge in [-0.05, 0) is 61.7 Å². The Balaban J connectivity index is 1.77. The van der Waals surface area contributed by atoms with E-state index in [0.717, 1.165) is 5.76 Å². The lowest BCUT2D eigenvalue weighted by molar-refractivity contribution is 0.0995. The highest BCUT2D eigenvalue weighted by Crippen LogP contribution is 2.23. The third kappa shape index (κ3) is 3.91. The second-order valence-corrected chi connectivity index (χ2v) is 6.47. The summed E-state index contributed by atoms with van der Waals surface area (Å²) in [5.41, 5.74) is 5.37. The minimum absolute atomic E-state index is 0.244. The highest BCUT2D eigenvalue weighted by atomic mass is 35.5. The van der Waals surface area contributed by atoms with Crippen molar-refractivity contribution in [3.63, 3.8) is 0 Å². The van der Waals surface area contributed by atoms with Crippen molar-refractivity contribution in [1.82, 2.24) is 4.98 Å². The highest BCUT2D eigenvalue weighted by molar-refractivity contribution is 6.32. The molecular weight excluding hydrogens is 336 g/mol. The molecule has 128 valence electrons. The van der Waals surface area contributed by atoms with Gasteiger partial charge in [0.2, 0.25) is 0 Å². The van der Waals surface area contributed by atoms with Crippen LogP contribution in [0.25, 0.3) is 0 Å². The van der Waals surface area contributed by atoms with Crippen molar-refractivity contribution < 1.29 is 9.21 Å². The van der Waals surface area contributed by atoms with Crippen LogP contribution in [-0.2, 0) is 6.42 Å². The molecule has 0 aliphatic carbocycles. The van der Waals surface area contributed by atoms with Gasteiger partial charge in [0.25, 0.3) is 5.91 Å². The van der Waals surface area contributed by atoms with Crippen LogP contribution in [-0.4, -0.2) is 10.9 Å². The molecule has 2 heterocycles. The lowest BCUT2D eigenvalue weighted by atomic mass is 9.97. The second-order valence-electron chi connectivity index (χ2n) is 6.12. The Labute approximate surface area is 151 Å². The molecule has 25 heavy (non-hydrogen) atoms. The van der Waals surface area contributed by atoms with Gasteiger partial charge in [-0.2, -0.15) is 0 Å². The first kappa shape index (κ1) is 17.2. The number of rotatable bonds is 4. The number of halogens is 1. The average Bonchev–Trinajstić information content (AvgIpc) is 3.02. The summed E-state index contributed by atoms with van der Waals surface area (Å²) in [7, 11) is 0. The van der Waals surface area contributed by atoms with Crippen molar-refractivity contribution >= 4 is 23.2 Å². The summed E-state index contributed by atoms with van der Waals surface area (Å²) in [4.78, 5) is 16.3. The summed E-state index contributed by atoms with van der Waals surface area (Å²) in [6.45, 7) is 6.27. The van der Waals surface area contributed by atoms with Gasteiger partial charge >= 0.3 is 0 Å². The SMILES string of the molecule is Cc1cc(C)c(Cc2ccc(C(=O)Nc3cccnc3Cl)o2)c(C)c1. The highest BCUT2D eigenvalue weighted by Gasteiger charge is 2.14. The number of carbonyl (C=O) groups is 1.